The molecule has 1 aromatic heterocycles. The van der Waals surface area contributed by atoms with E-state index < -0.39 is 21.8 Å². The van der Waals surface area contributed by atoms with E-state index >= 15 is 0 Å². The predicted molar refractivity (Wildman–Crippen MR) is 128 cm³/mol. The Hall–Kier alpha value is -3.57. The summed E-state index contributed by atoms with van der Waals surface area (Å²) in [6.07, 6.45) is 0.649. The molecular formula is C23H27N5O5S. The van der Waals surface area contributed by atoms with Crippen molar-refractivity contribution in [3.05, 3.63) is 70.1 Å². The van der Waals surface area contributed by atoms with Gasteiger partial charge in [0, 0.05) is 30.6 Å². The Kier molecular flexibility index (Phi) is 7.79. The van der Waals surface area contributed by atoms with E-state index in [4.69, 9.17) is 0 Å². The third kappa shape index (κ3) is 5.00. The van der Waals surface area contributed by atoms with Crippen LogP contribution in [0.1, 0.15) is 48.0 Å². The fraction of sp³-hybridized carbons (Fsp3) is 0.304. The van der Waals surface area contributed by atoms with Crippen LogP contribution in [0.3, 0.4) is 0 Å². The molecule has 0 aliphatic carbocycles. The summed E-state index contributed by atoms with van der Waals surface area (Å²) < 4.78 is 28.0. The maximum absolute atomic E-state index is 12.8. The Morgan fingerprint density at radius 1 is 0.941 bits per heavy atom. The molecule has 0 saturated heterocycles. The standard InChI is InChI=1S/C23H27N5O5S/c1-4-14-28-23(31)19-13-8-7-12-18(19)20(26-28)22(30)25-24-21(29)16-10-9-11-17(15-16)34(32,33)27(5-2)6-3/h7-13,15H,4-6,14H2,1-3H3,(H,24,29)(H,25,30). The van der Waals surface area contributed by atoms with E-state index in [2.05, 4.69) is 16.0 Å². The average molecular weight is 486 g/mol. The number of carbonyl (C=O) groups is 2. The van der Waals surface area contributed by atoms with Crippen molar-refractivity contribution < 1.29 is 18.0 Å². The summed E-state index contributed by atoms with van der Waals surface area (Å²) in [6.45, 7) is 6.28. The second kappa shape index (κ2) is 10.6. The zero-order valence-electron chi connectivity index (χ0n) is 19.2. The fourth-order valence-electron chi connectivity index (χ4n) is 3.52. The number of aryl methyl sites for hydroxylation is 1. The van der Waals surface area contributed by atoms with Crippen LogP contribution in [0.15, 0.2) is 58.2 Å². The Bertz CT molecular complexity index is 1380. The second-order valence-corrected chi connectivity index (χ2v) is 9.39. The number of aromatic nitrogens is 2. The summed E-state index contributed by atoms with van der Waals surface area (Å²) >= 11 is 0. The zero-order valence-corrected chi connectivity index (χ0v) is 20.1. The van der Waals surface area contributed by atoms with Crippen molar-refractivity contribution in [1.29, 1.82) is 0 Å². The highest BCUT2D eigenvalue weighted by molar-refractivity contribution is 7.89. The third-order valence-electron chi connectivity index (χ3n) is 5.25. The lowest BCUT2D eigenvalue weighted by Crippen LogP contribution is -2.43. The average Bonchev–Trinajstić information content (AvgIpc) is 2.85. The molecule has 1 heterocycles. The van der Waals surface area contributed by atoms with Gasteiger partial charge in [-0.1, -0.05) is 45.0 Å². The van der Waals surface area contributed by atoms with Gasteiger partial charge in [0.1, 0.15) is 0 Å². The van der Waals surface area contributed by atoms with Gasteiger partial charge in [-0.05, 0) is 30.7 Å². The lowest BCUT2D eigenvalue weighted by molar-refractivity contribution is 0.0843. The lowest BCUT2D eigenvalue weighted by Gasteiger charge is -2.18. The molecule has 0 atom stereocenters. The van der Waals surface area contributed by atoms with Gasteiger partial charge in [-0.2, -0.15) is 9.40 Å². The molecule has 0 unspecified atom stereocenters. The van der Waals surface area contributed by atoms with E-state index in [-0.39, 0.29) is 21.7 Å². The molecule has 180 valence electrons. The van der Waals surface area contributed by atoms with Gasteiger partial charge in [0.2, 0.25) is 10.0 Å². The molecule has 0 aliphatic heterocycles. The number of rotatable bonds is 8. The number of carbonyl (C=O) groups excluding carboxylic acids is 2. The molecule has 0 radical (unpaired) electrons. The summed E-state index contributed by atoms with van der Waals surface area (Å²) in [4.78, 5) is 38.1. The maximum Gasteiger partial charge on any atom is 0.290 e. The van der Waals surface area contributed by atoms with Gasteiger partial charge in [-0.25, -0.2) is 13.1 Å². The molecule has 0 spiro atoms. The normalized spacial score (nSPS) is 11.5. The molecule has 2 amide bonds. The van der Waals surface area contributed by atoms with Crippen LogP contribution >= 0.6 is 0 Å². The number of sulfonamides is 1. The smallest absolute Gasteiger partial charge is 0.267 e. The van der Waals surface area contributed by atoms with E-state index in [1.54, 1.807) is 38.1 Å². The number of nitrogens with one attached hydrogen (secondary N) is 2. The van der Waals surface area contributed by atoms with Gasteiger partial charge in [0.05, 0.1) is 10.3 Å². The first-order chi connectivity index (χ1) is 16.2. The van der Waals surface area contributed by atoms with Gasteiger partial charge in [0.25, 0.3) is 17.4 Å². The van der Waals surface area contributed by atoms with Gasteiger partial charge in [-0.3, -0.25) is 25.2 Å². The van der Waals surface area contributed by atoms with Crippen molar-refractivity contribution in [3.8, 4) is 0 Å². The summed E-state index contributed by atoms with van der Waals surface area (Å²) in [5, 5.41) is 4.89. The molecule has 0 saturated carbocycles. The summed E-state index contributed by atoms with van der Waals surface area (Å²) in [5.74, 6) is -1.41. The van der Waals surface area contributed by atoms with Gasteiger partial charge >= 0.3 is 0 Å². The first-order valence-electron chi connectivity index (χ1n) is 10.9. The molecule has 3 aromatic rings. The SMILES string of the molecule is CCCn1nc(C(=O)NNC(=O)c2cccc(S(=O)(=O)N(CC)CC)c2)c2ccccc2c1=O. The number of fused-ring (bicyclic) bond motifs is 1. The predicted octanol–water partition coefficient (Wildman–Crippen LogP) is 1.91. The van der Waals surface area contributed by atoms with Crippen molar-refractivity contribution in [3.63, 3.8) is 0 Å². The van der Waals surface area contributed by atoms with Crippen molar-refractivity contribution in [2.24, 2.45) is 0 Å². The summed E-state index contributed by atoms with van der Waals surface area (Å²) in [6, 6.07) is 12.2. The molecule has 2 aromatic carbocycles. The quantitative estimate of drug-likeness (QED) is 0.469. The van der Waals surface area contributed by atoms with Crippen LogP contribution < -0.4 is 16.4 Å². The van der Waals surface area contributed by atoms with Crippen LogP contribution in [-0.4, -0.2) is 47.4 Å². The molecule has 11 heteroatoms. The highest BCUT2D eigenvalue weighted by Crippen LogP contribution is 2.17. The van der Waals surface area contributed by atoms with Crippen LogP contribution in [0.2, 0.25) is 0 Å². The van der Waals surface area contributed by atoms with E-state index in [0.717, 1.165) is 0 Å². The van der Waals surface area contributed by atoms with E-state index in [1.165, 1.54) is 33.3 Å². The van der Waals surface area contributed by atoms with Crippen molar-refractivity contribution in [2.45, 2.75) is 38.6 Å². The van der Waals surface area contributed by atoms with Gasteiger partial charge in [0.15, 0.2) is 5.69 Å². The zero-order chi connectivity index (χ0) is 24.9. The molecule has 2 N–H and O–H groups in total. The molecule has 0 aliphatic rings. The molecule has 10 nitrogen and oxygen atoms in total. The molecule has 0 bridgehead atoms. The van der Waals surface area contributed by atoms with Gasteiger partial charge in [-0.15, -0.1) is 0 Å². The number of nitrogens with zero attached hydrogens (tertiary/aromatic N) is 3. The number of hydrazine groups is 1. The first-order valence-corrected chi connectivity index (χ1v) is 12.4. The number of hydrogen-bond acceptors (Lipinski definition) is 6. The largest absolute Gasteiger partial charge is 0.290 e. The van der Waals surface area contributed by atoms with E-state index in [9.17, 15) is 22.8 Å². The van der Waals surface area contributed by atoms with Crippen LogP contribution in [0.25, 0.3) is 10.8 Å². The number of benzene rings is 2. The highest BCUT2D eigenvalue weighted by Gasteiger charge is 2.23. The molecular weight excluding hydrogens is 458 g/mol. The second-order valence-electron chi connectivity index (χ2n) is 7.45. The van der Waals surface area contributed by atoms with Crippen molar-refractivity contribution in [1.82, 2.24) is 24.9 Å². The highest BCUT2D eigenvalue weighted by atomic mass is 32.2. The van der Waals surface area contributed by atoms with Crippen LogP contribution in [-0.2, 0) is 16.6 Å². The minimum Gasteiger partial charge on any atom is -0.267 e. The molecule has 3 rings (SSSR count). The van der Waals surface area contributed by atoms with Crippen LogP contribution in [0, 0.1) is 0 Å². The summed E-state index contributed by atoms with van der Waals surface area (Å²) in [5.41, 5.74) is 4.34. The minimum atomic E-state index is -3.75. The number of hydrogen-bond donors (Lipinski definition) is 2. The maximum atomic E-state index is 12.8. The van der Waals surface area contributed by atoms with Crippen molar-refractivity contribution >= 4 is 32.6 Å². The Morgan fingerprint density at radius 2 is 1.59 bits per heavy atom. The van der Waals surface area contributed by atoms with Crippen LogP contribution in [0.5, 0.6) is 0 Å². The van der Waals surface area contributed by atoms with Gasteiger partial charge < -0.3 is 0 Å². The Balaban J connectivity index is 1.84. The number of amides is 2. The third-order valence-corrected chi connectivity index (χ3v) is 7.29. The van der Waals surface area contributed by atoms with Crippen LogP contribution in [0.4, 0.5) is 0 Å². The topological polar surface area (TPSA) is 130 Å². The van der Waals surface area contributed by atoms with E-state index in [0.29, 0.717) is 36.8 Å². The van der Waals surface area contributed by atoms with E-state index in [1.807, 2.05) is 6.92 Å². The Labute approximate surface area is 197 Å². The molecule has 0 fully saturated rings. The fourth-order valence-corrected chi connectivity index (χ4v) is 5.03. The lowest BCUT2D eigenvalue weighted by atomic mass is 10.1. The Morgan fingerprint density at radius 3 is 2.24 bits per heavy atom. The molecule has 34 heavy (non-hydrogen) atoms. The first kappa shape index (κ1) is 25.1. The minimum absolute atomic E-state index is 0.0122. The monoisotopic (exact) mass is 485 g/mol. The van der Waals surface area contributed by atoms with Crippen molar-refractivity contribution in [2.75, 3.05) is 13.1 Å². The summed E-state index contributed by atoms with van der Waals surface area (Å²) in [7, 11) is -3.75.